The van der Waals surface area contributed by atoms with Crippen molar-refractivity contribution in [3.05, 3.63) is 0 Å². The lowest BCUT2D eigenvalue weighted by Crippen LogP contribution is -2.36. The van der Waals surface area contributed by atoms with Gasteiger partial charge in [0, 0.05) is 13.1 Å². The Labute approximate surface area is 75.3 Å². The molecular formula is C7H12N4O2. The molecule has 0 bridgehead atoms. The number of aliphatic hydroxyl groups is 1. The third-order valence-corrected chi connectivity index (χ3v) is 2.26. The molecule has 72 valence electrons. The van der Waals surface area contributed by atoms with Crippen LogP contribution in [-0.2, 0) is 0 Å². The van der Waals surface area contributed by atoms with Crippen molar-refractivity contribution in [3.63, 3.8) is 0 Å². The van der Waals surface area contributed by atoms with Crippen molar-refractivity contribution in [2.75, 3.05) is 23.7 Å². The number of anilines is 2. The smallest absolute Gasteiger partial charge is 0.217 e. The normalized spacial score (nSPS) is 19.3. The number of hydrogen-bond acceptors (Lipinski definition) is 6. The average molecular weight is 184 g/mol. The molecule has 0 spiro atoms. The number of piperidine rings is 1. The van der Waals surface area contributed by atoms with Crippen LogP contribution >= 0.6 is 0 Å². The molecule has 1 aromatic heterocycles. The van der Waals surface area contributed by atoms with Crippen molar-refractivity contribution in [3.8, 4) is 0 Å². The van der Waals surface area contributed by atoms with Crippen molar-refractivity contribution in [1.29, 1.82) is 0 Å². The Morgan fingerprint density at radius 3 is 2.62 bits per heavy atom. The summed E-state index contributed by atoms with van der Waals surface area (Å²) in [7, 11) is 0. The minimum Gasteiger partial charge on any atom is -0.393 e. The lowest BCUT2D eigenvalue weighted by molar-refractivity contribution is 0.145. The SMILES string of the molecule is Nc1nonc1N1CCC(O)CC1. The molecule has 6 nitrogen and oxygen atoms in total. The zero-order valence-electron chi connectivity index (χ0n) is 7.18. The van der Waals surface area contributed by atoms with Crippen LogP contribution in [0.15, 0.2) is 4.63 Å². The maximum Gasteiger partial charge on any atom is 0.217 e. The minimum absolute atomic E-state index is 0.197. The second kappa shape index (κ2) is 3.21. The molecule has 1 aromatic rings. The molecule has 1 saturated heterocycles. The Balaban J connectivity index is 2.06. The van der Waals surface area contributed by atoms with Gasteiger partial charge in [0.2, 0.25) is 11.6 Å². The molecule has 0 aromatic carbocycles. The van der Waals surface area contributed by atoms with Gasteiger partial charge in [-0.1, -0.05) is 0 Å². The molecule has 13 heavy (non-hydrogen) atoms. The molecule has 1 aliphatic rings. The lowest BCUT2D eigenvalue weighted by Gasteiger charge is -2.28. The molecule has 2 heterocycles. The maximum absolute atomic E-state index is 9.28. The monoisotopic (exact) mass is 184 g/mol. The molecule has 0 aliphatic carbocycles. The van der Waals surface area contributed by atoms with E-state index in [1.165, 1.54) is 0 Å². The molecule has 0 amide bonds. The average Bonchev–Trinajstić information content (AvgIpc) is 2.53. The standard InChI is InChI=1S/C7H12N4O2/c8-6-7(10-13-9-6)11-3-1-5(12)2-4-11/h5,12H,1-4H2,(H2,8,9). The Morgan fingerprint density at radius 1 is 1.38 bits per heavy atom. The molecule has 1 fully saturated rings. The van der Waals surface area contributed by atoms with E-state index in [4.69, 9.17) is 5.73 Å². The number of nitrogen functional groups attached to an aromatic ring is 1. The van der Waals surface area contributed by atoms with Gasteiger partial charge in [0.25, 0.3) is 0 Å². The van der Waals surface area contributed by atoms with Crippen molar-refractivity contribution in [2.45, 2.75) is 18.9 Å². The summed E-state index contributed by atoms with van der Waals surface area (Å²) in [5, 5.41) is 16.5. The number of aromatic nitrogens is 2. The summed E-state index contributed by atoms with van der Waals surface area (Å²) in [4.78, 5) is 1.97. The van der Waals surface area contributed by atoms with Crippen LogP contribution in [0.2, 0.25) is 0 Å². The van der Waals surface area contributed by atoms with Gasteiger partial charge >= 0.3 is 0 Å². The Hall–Kier alpha value is -1.30. The van der Waals surface area contributed by atoms with Crippen molar-refractivity contribution >= 4 is 11.6 Å². The molecule has 0 atom stereocenters. The van der Waals surface area contributed by atoms with E-state index in [-0.39, 0.29) is 6.10 Å². The van der Waals surface area contributed by atoms with E-state index in [2.05, 4.69) is 14.9 Å². The van der Waals surface area contributed by atoms with Gasteiger partial charge in [-0.15, -0.1) is 0 Å². The molecule has 1 aliphatic heterocycles. The molecule has 0 saturated carbocycles. The molecular weight excluding hydrogens is 172 g/mol. The first kappa shape index (κ1) is 8.31. The first-order valence-corrected chi connectivity index (χ1v) is 4.28. The summed E-state index contributed by atoms with van der Waals surface area (Å²) in [6.07, 6.45) is 1.29. The topological polar surface area (TPSA) is 88.4 Å². The number of aliphatic hydroxyl groups excluding tert-OH is 1. The van der Waals surface area contributed by atoms with E-state index in [0.29, 0.717) is 11.6 Å². The highest BCUT2D eigenvalue weighted by molar-refractivity contribution is 5.56. The van der Waals surface area contributed by atoms with Gasteiger partial charge in [0.1, 0.15) is 0 Å². The van der Waals surface area contributed by atoms with Gasteiger partial charge in [-0.25, -0.2) is 4.63 Å². The van der Waals surface area contributed by atoms with Gasteiger partial charge in [0.15, 0.2) is 0 Å². The Morgan fingerprint density at radius 2 is 2.08 bits per heavy atom. The summed E-state index contributed by atoms with van der Waals surface area (Å²) in [6.45, 7) is 1.50. The van der Waals surface area contributed by atoms with Crippen molar-refractivity contribution in [1.82, 2.24) is 10.3 Å². The fourth-order valence-electron chi connectivity index (χ4n) is 1.49. The molecule has 0 radical (unpaired) electrons. The van der Waals surface area contributed by atoms with Crippen molar-refractivity contribution < 1.29 is 9.74 Å². The van der Waals surface area contributed by atoms with E-state index < -0.39 is 0 Å². The van der Waals surface area contributed by atoms with E-state index in [0.717, 1.165) is 25.9 Å². The number of nitrogens with two attached hydrogens (primary N) is 1. The fourth-order valence-corrected chi connectivity index (χ4v) is 1.49. The van der Waals surface area contributed by atoms with E-state index in [1.54, 1.807) is 0 Å². The van der Waals surface area contributed by atoms with Crippen LogP contribution < -0.4 is 10.6 Å². The highest BCUT2D eigenvalue weighted by atomic mass is 16.6. The zero-order valence-corrected chi connectivity index (χ0v) is 7.18. The van der Waals surface area contributed by atoms with Gasteiger partial charge in [-0.2, -0.15) is 0 Å². The quantitative estimate of drug-likeness (QED) is 0.618. The van der Waals surface area contributed by atoms with Gasteiger partial charge in [-0.05, 0) is 23.2 Å². The molecule has 3 N–H and O–H groups in total. The predicted molar refractivity (Wildman–Crippen MR) is 46.2 cm³/mol. The van der Waals surface area contributed by atoms with Crippen LogP contribution in [-0.4, -0.2) is 34.6 Å². The third-order valence-electron chi connectivity index (χ3n) is 2.26. The van der Waals surface area contributed by atoms with E-state index >= 15 is 0 Å². The van der Waals surface area contributed by atoms with Crippen LogP contribution in [0.25, 0.3) is 0 Å². The fraction of sp³-hybridized carbons (Fsp3) is 0.714. The van der Waals surface area contributed by atoms with Crippen LogP contribution in [0.5, 0.6) is 0 Å². The summed E-state index contributed by atoms with van der Waals surface area (Å²) < 4.78 is 4.50. The first-order valence-electron chi connectivity index (χ1n) is 4.28. The van der Waals surface area contributed by atoms with Gasteiger partial charge in [0.05, 0.1) is 6.10 Å². The largest absolute Gasteiger partial charge is 0.393 e. The van der Waals surface area contributed by atoms with Crippen LogP contribution in [0.3, 0.4) is 0 Å². The summed E-state index contributed by atoms with van der Waals surface area (Å²) in [5.74, 6) is 0.906. The summed E-state index contributed by atoms with van der Waals surface area (Å²) >= 11 is 0. The maximum atomic E-state index is 9.28. The number of rotatable bonds is 1. The first-order chi connectivity index (χ1) is 6.27. The molecule has 6 heteroatoms. The highest BCUT2D eigenvalue weighted by Gasteiger charge is 2.21. The predicted octanol–water partition coefficient (Wildman–Crippen LogP) is -0.387. The Bertz CT molecular complexity index is 280. The minimum atomic E-state index is -0.197. The van der Waals surface area contributed by atoms with E-state index in [9.17, 15) is 5.11 Å². The highest BCUT2D eigenvalue weighted by Crippen LogP contribution is 2.21. The lowest BCUT2D eigenvalue weighted by atomic mass is 10.1. The Kier molecular flexibility index (Phi) is 2.05. The number of hydrogen-bond donors (Lipinski definition) is 2. The van der Waals surface area contributed by atoms with E-state index in [1.807, 2.05) is 4.90 Å². The second-order valence-corrected chi connectivity index (χ2v) is 3.19. The number of nitrogens with zero attached hydrogens (tertiary/aromatic N) is 3. The van der Waals surface area contributed by atoms with Gasteiger partial charge < -0.3 is 15.7 Å². The summed E-state index contributed by atoms with van der Waals surface area (Å²) in [5.41, 5.74) is 5.53. The third kappa shape index (κ3) is 1.57. The van der Waals surface area contributed by atoms with Crippen molar-refractivity contribution in [2.24, 2.45) is 0 Å². The summed E-state index contributed by atoms with van der Waals surface area (Å²) in [6, 6.07) is 0. The van der Waals surface area contributed by atoms with Crippen LogP contribution in [0.4, 0.5) is 11.6 Å². The zero-order chi connectivity index (χ0) is 9.26. The second-order valence-electron chi connectivity index (χ2n) is 3.19. The van der Waals surface area contributed by atoms with Crippen LogP contribution in [0.1, 0.15) is 12.8 Å². The van der Waals surface area contributed by atoms with Gasteiger partial charge in [-0.3, -0.25) is 0 Å². The van der Waals surface area contributed by atoms with Crippen LogP contribution in [0, 0.1) is 0 Å². The molecule has 0 unspecified atom stereocenters. The molecule has 2 rings (SSSR count).